The minimum atomic E-state index is -4.84. The first-order chi connectivity index (χ1) is 14.9. The van der Waals surface area contributed by atoms with E-state index in [0.717, 1.165) is 35.6 Å². The molecule has 170 valence electrons. The van der Waals surface area contributed by atoms with Gasteiger partial charge in [0.25, 0.3) is 10.0 Å². The first kappa shape index (κ1) is 23.3. The number of anilines is 2. The second-order valence-corrected chi connectivity index (χ2v) is 9.38. The Morgan fingerprint density at radius 3 is 2.47 bits per heavy atom. The van der Waals surface area contributed by atoms with Crippen LogP contribution >= 0.6 is 11.3 Å². The Balaban J connectivity index is 1.72. The third-order valence-corrected chi connectivity index (χ3v) is 6.72. The van der Waals surface area contributed by atoms with E-state index in [1.165, 1.54) is 13.0 Å². The molecule has 1 amide bonds. The number of carbonyl (C=O) groups excluding carboxylic acids is 1. The highest BCUT2D eigenvalue weighted by atomic mass is 32.2. The normalized spacial score (nSPS) is 12.2. The van der Waals surface area contributed by atoms with Crippen molar-refractivity contribution in [1.29, 1.82) is 0 Å². The Morgan fingerprint density at radius 2 is 1.84 bits per heavy atom. The first-order valence-corrected chi connectivity index (χ1v) is 11.1. The predicted molar refractivity (Wildman–Crippen MR) is 113 cm³/mol. The number of nitrogens with one attached hydrogen (secondary N) is 2. The zero-order valence-corrected chi connectivity index (χ0v) is 18.2. The van der Waals surface area contributed by atoms with Crippen molar-refractivity contribution in [3.8, 4) is 5.75 Å². The van der Waals surface area contributed by atoms with Crippen molar-refractivity contribution in [2.24, 2.45) is 0 Å². The molecule has 0 unspecified atom stereocenters. The fraction of sp³-hybridized carbons (Fsp3) is 0.158. The number of ether oxygens (including phenoxy) is 1. The van der Waals surface area contributed by atoms with Gasteiger partial charge in [0.15, 0.2) is 5.76 Å². The van der Waals surface area contributed by atoms with Crippen LogP contribution < -0.4 is 14.8 Å². The van der Waals surface area contributed by atoms with Crippen LogP contribution in [0.4, 0.5) is 24.5 Å². The van der Waals surface area contributed by atoms with Crippen molar-refractivity contribution in [2.75, 3.05) is 10.0 Å². The summed E-state index contributed by atoms with van der Waals surface area (Å²) < 4.78 is 73.0. The van der Waals surface area contributed by atoms with Gasteiger partial charge in [-0.25, -0.2) is 8.42 Å². The Labute approximate surface area is 184 Å². The average molecular weight is 487 g/mol. The Morgan fingerprint density at radius 1 is 1.16 bits per heavy atom. The van der Waals surface area contributed by atoms with E-state index >= 15 is 0 Å². The molecule has 1 aromatic carbocycles. The van der Waals surface area contributed by atoms with E-state index in [1.54, 1.807) is 25.1 Å². The maximum absolute atomic E-state index is 12.6. The van der Waals surface area contributed by atoms with Gasteiger partial charge < -0.3 is 14.6 Å². The third kappa shape index (κ3) is 6.11. The summed E-state index contributed by atoms with van der Waals surface area (Å²) in [6.45, 7) is 3.01. The fourth-order valence-corrected chi connectivity index (χ4v) is 4.77. The summed E-state index contributed by atoms with van der Waals surface area (Å²) >= 11 is 0.956. The number of amides is 1. The lowest BCUT2D eigenvalue weighted by Gasteiger charge is -2.10. The van der Waals surface area contributed by atoms with E-state index in [4.69, 9.17) is 4.52 Å². The fourth-order valence-electron chi connectivity index (χ4n) is 2.49. The number of aryl methyl sites for hydroxylation is 1. The molecule has 0 saturated heterocycles. The van der Waals surface area contributed by atoms with Crippen LogP contribution in [0.3, 0.4) is 0 Å². The molecule has 0 aliphatic rings. The standard InChI is InChI=1S/C19H16F3N3O5S2/c1-11-18(23-12(2)26)16(30-24-11)9-7-15-8-10-17(31-15)32(27,28)25-13-3-5-14(6-4-13)29-19(20,21)22/h3-10,25H,1-2H3,(H,23,26)/b9-7+. The maximum atomic E-state index is 12.6. The van der Waals surface area contributed by atoms with Gasteiger partial charge in [-0.3, -0.25) is 9.52 Å². The summed E-state index contributed by atoms with van der Waals surface area (Å²) in [5, 5.41) is 6.40. The molecule has 0 saturated carbocycles. The van der Waals surface area contributed by atoms with Crippen LogP contribution in [0.5, 0.6) is 5.75 Å². The van der Waals surface area contributed by atoms with Crippen molar-refractivity contribution in [1.82, 2.24) is 5.16 Å². The molecule has 3 rings (SSSR count). The first-order valence-electron chi connectivity index (χ1n) is 8.83. The predicted octanol–water partition coefficient (Wildman–Crippen LogP) is 4.87. The van der Waals surface area contributed by atoms with E-state index in [1.807, 2.05) is 0 Å². The number of carbonyl (C=O) groups is 1. The molecule has 0 fully saturated rings. The van der Waals surface area contributed by atoms with Crippen LogP contribution in [0, 0.1) is 6.92 Å². The highest BCUT2D eigenvalue weighted by Gasteiger charge is 2.31. The summed E-state index contributed by atoms with van der Waals surface area (Å²) in [6.07, 6.45) is -1.70. The lowest BCUT2D eigenvalue weighted by Crippen LogP contribution is -2.17. The molecule has 8 nitrogen and oxygen atoms in total. The number of halogens is 3. The summed E-state index contributed by atoms with van der Waals surface area (Å²) in [4.78, 5) is 11.9. The van der Waals surface area contributed by atoms with E-state index in [-0.39, 0.29) is 15.8 Å². The Hall–Kier alpha value is -3.32. The van der Waals surface area contributed by atoms with Crippen LogP contribution in [0.15, 0.2) is 45.1 Å². The average Bonchev–Trinajstić information content (AvgIpc) is 3.28. The molecule has 0 aliphatic carbocycles. The Bertz CT molecular complexity index is 1250. The van der Waals surface area contributed by atoms with Gasteiger partial charge in [0.2, 0.25) is 5.91 Å². The number of alkyl halides is 3. The number of hydrogen-bond acceptors (Lipinski definition) is 7. The van der Waals surface area contributed by atoms with Gasteiger partial charge in [0.05, 0.1) is 0 Å². The molecule has 2 heterocycles. The lowest BCUT2D eigenvalue weighted by molar-refractivity contribution is -0.274. The van der Waals surface area contributed by atoms with Crippen LogP contribution in [0.25, 0.3) is 12.2 Å². The topological polar surface area (TPSA) is 111 Å². The van der Waals surface area contributed by atoms with Gasteiger partial charge in [-0.05, 0) is 55.5 Å². The monoisotopic (exact) mass is 487 g/mol. The smallest absolute Gasteiger partial charge is 0.406 e. The quantitative estimate of drug-likeness (QED) is 0.492. The number of nitrogens with zero attached hydrogens (tertiary/aromatic N) is 1. The second-order valence-electron chi connectivity index (χ2n) is 6.36. The van der Waals surface area contributed by atoms with Crippen LogP contribution in [-0.4, -0.2) is 25.8 Å². The van der Waals surface area contributed by atoms with Gasteiger partial charge >= 0.3 is 6.36 Å². The van der Waals surface area contributed by atoms with Gasteiger partial charge in [0.1, 0.15) is 21.3 Å². The molecule has 0 bridgehead atoms. The van der Waals surface area contributed by atoms with Gasteiger partial charge in [-0.1, -0.05) is 5.16 Å². The lowest BCUT2D eigenvalue weighted by atomic mass is 10.2. The highest BCUT2D eigenvalue weighted by molar-refractivity contribution is 7.94. The molecular weight excluding hydrogens is 471 g/mol. The molecular formula is C19H16F3N3O5S2. The largest absolute Gasteiger partial charge is 0.573 e. The molecule has 32 heavy (non-hydrogen) atoms. The highest BCUT2D eigenvalue weighted by Crippen LogP contribution is 2.29. The zero-order valence-electron chi connectivity index (χ0n) is 16.6. The SMILES string of the molecule is CC(=O)Nc1c(C)noc1/C=C/c1ccc(S(=O)(=O)Nc2ccc(OC(F)(F)F)cc2)s1. The van der Waals surface area contributed by atoms with Crippen LogP contribution in [0.1, 0.15) is 23.3 Å². The second kappa shape index (κ2) is 9.04. The summed E-state index contributed by atoms with van der Waals surface area (Å²) in [7, 11) is -3.96. The zero-order chi connectivity index (χ0) is 23.5. The Kier molecular flexibility index (Phi) is 6.60. The van der Waals surface area contributed by atoms with Crippen molar-refractivity contribution in [2.45, 2.75) is 24.4 Å². The van der Waals surface area contributed by atoms with Crippen molar-refractivity contribution < 1.29 is 35.6 Å². The minimum Gasteiger partial charge on any atom is -0.406 e. The van der Waals surface area contributed by atoms with Crippen molar-refractivity contribution in [3.63, 3.8) is 0 Å². The maximum Gasteiger partial charge on any atom is 0.573 e. The van der Waals surface area contributed by atoms with Crippen molar-refractivity contribution in [3.05, 3.63) is 52.7 Å². The van der Waals surface area contributed by atoms with Crippen LogP contribution in [0.2, 0.25) is 0 Å². The van der Waals surface area contributed by atoms with Gasteiger partial charge in [0, 0.05) is 17.5 Å². The minimum absolute atomic E-state index is 0.0106. The number of benzene rings is 1. The molecule has 2 aromatic heterocycles. The number of thiophene rings is 1. The van der Waals surface area contributed by atoms with Gasteiger partial charge in [-0.2, -0.15) is 0 Å². The van der Waals surface area contributed by atoms with E-state index in [0.29, 0.717) is 22.0 Å². The van der Waals surface area contributed by atoms with Crippen LogP contribution in [-0.2, 0) is 14.8 Å². The molecule has 2 N–H and O–H groups in total. The molecule has 0 atom stereocenters. The van der Waals surface area contributed by atoms with E-state index < -0.39 is 22.1 Å². The number of rotatable bonds is 7. The summed E-state index contributed by atoms with van der Waals surface area (Å²) in [5.74, 6) is -0.459. The number of sulfonamides is 1. The number of aromatic nitrogens is 1. The van der Waals surface area contributed by atoms with Crippen molar-refractivity contribution >= 4 is 50.8 Å². The van der Waals surface area contributed by atoms with Gasteiger partial charge in [-0.15, -0.1) is 24.5 Å². The van der Waals surface area contributed by atoms with E-state index in [9.17, 15) is 26.4 Å². The number of hydrogen-bond donors (Lipinski definition) is 2. The molecule has 13 heteroatoms. The molecule has 0 radical (unpaired) electrons. The summed E-state index contributed by atoms with van der Waals surface area (Å²) in [5.41, 5.74) is 0.977. The molecule has 0 aliphatic heterocycles. The molecule has 3 aromatic rings. The van der Waals surface area contributed by atoms with E-state index in [2.05, 4.69) is 19.9 Å². The molecule has 0 spiro atoms. The third-order valence-electron chi connectivity index (χ3n) is 3.80. The summed E-state index contributed by atoms with van der Waals surface area (Å²) in [6, 6.07) is 7.26.